The fraction of sp³-hybridized carbons (Fsp3) is 0.333. The molecule has 1 aliphatic heterocycles. The Morgan fingerprint density at radius 1 is 0.897 bits per heavy atom. The van der Waals surface area contributed by atoms with E-state index in [1.807, 2.05) is 34.1 Å². The molecule has 0 aliphatic carbocycles. The lowest BCUT2D eigenvalue weighted by Gasteiger charge is -2.35. The molecule has 1 unspecified atom stereocenters. The molecule has 1 aromatic heterocycles. The van der Waals surface area contributed by atoms with Crippen molar-refractivity contribution in [1.29, 1.82) is 0 Å². The maximum Gasteiger partial charge on any atom is 0.223 e. The molecular weight excluding hydrogens is 362 g/mol. The van der Waals surface area contributed by atoms with Crippen LogP contribution in [0.25, 0.3) is 10.9 Å². The van der Waals surface area contributed by atoms with Gasteiger partial charge in [-0.1, -0.05) is 48.5 Å². The van der Waals surface area contributed by atoms with Gasteiger partial charge in [0.15, 0.2) is 0 Å². The lowest BCUT2D eigenvalue weighted by molar-refractivity contribution is -0.138. The van der Waals surface area contributed by atoms with Crippen molar-refractivity contribution in [2.75, 3.05) is 26.2 Å². The Bertz CT molecular complexity index is 1020. The van der Waals surface area contributed by atoms with Crippen molar-refractivity contribution in [3.8, 4) is 0 Å². The number of aryl methyl sites for hydroxylation is 1. The molecule has 0 N–H and O–H groups in total. The molecule has 1 fully saturated rings. The molecule has 0 radical (unpaired) electrons. The first-order chi connectivity index (χ1) is 14.0. The van der Waals surface area contributed by atoms with Gasteiger partial charge in [-0.2, -0.15) is 0 Å². The molecule has 1 aliphatic rings. The molecule has 5 nitrogen and oxygen atoms in total. The van der Waals surface area contributed by atoms with Crippen LogP contribution in [0.1, 0.15) is 30.4 Å². The van der Waals surface area contributed by atoms with Crippen LogP contribution >= 0.6 is 0 Å². The number of hydrogen-bond donors (Lipinski definition) is 0. The Balaban J connectivity index is 1.62. The summed E-state index contributed by atoms with van der Waals surface area (Å²) in [5.41, 5.74) is 3.51. The molecule has 29 heavy (non-hydrogen) atoms. The van der Waals surface area contributed by atoms with Gasteiger partial charge in [0.25, 0.3) is 0 Å². The highest BCUT2D eigenvalue weighted by atomic mass is 16.2. The van der Waals surface area contributed by atoms with Gasteiger partial charge in [-0.05, 0) is 17.2 Å². The van der Waals surface area contributed by atoms with Crippen LogP contribution in [0.5, 0.6) is 0 Å². The number of piperazine rings is 1. The van der Waals surface area contributed by atoms with Crippen molar-refractivity contribution in [1.82, 2.24) is 14.4 Å². The monoisotopic (exact) mass is 389 g/mol. The Morgan fingerprint density at radius 2 is 1.52 bits per heavy atom. The topological polar surface area (TPSA) is 45.6 Å². The average molecular weight is 389 g/mol. The van der Waals surface area contributed by atoms with E-state index in [4.69, 9.17) is 0 Å². The second-order valence-corrected chi connectivity index (χ2v) is 7.77. The van der Waals surface area contributed by atoms with E-state index in [9.17, 15) is 9.59 Å². The van der Waals surface area contributed by atoms with Gasteiger partial charge in [-0.25, -0.2) is 0 Å². The normalized spacial score (nSPS) is 15.5. The number of fused-ring (bicyclic) bond motifs is 1. The van der Waals surface area contributed by atoms with E-state index in [2.05, 4.69) is 48.1 Å². The predicted octanol–water partition coefficient (Wildman–Crippen LogP) is 3.39. The first kappa shape index (κ1) is 19.2. The van der Waals surface area contributed by atoms with Gasteiger partial charge in [-0.15, -0.1) is 0 Å². The Morgan fingerprint density at radius 3 is 2.21 bits per heavy atom. The van der Waals surface area contributed by atoms with Gasteiger partial charge in [0.2, 0.25) is 11.8 Å². The van der Waals surface area contributed by atoms with Crippen molar-refractivity contribution >= 4 is 22.7 Å². The van der Waals surface area contributed by atoms with Gasteiger partial charge >= 0.3 is 0 Å². The molecule has 2 aromatic carbocycles. The summed E-state index contributed by atoms with van der Waals surface area (Å²) >= 11 is 0. The number of para-hydroxylation sites is 1. The fourth-order valence-corrected chi connectivity index (χ4v) is 4.32. The number of amides is 2. The molecule has 5 heteroatoms. The second kappa shape index (κ2) is 8.11. The van der Waals surface area contributed by atoms with Crippen molar-refractivity contribution in [3.05, 3.63) is 71.9 Å². The third-order valence-electron chi connectivity index (χ3n) is 5.96. The summed E-state index contributed by atoms with van der Waals surface area (Å²) in [5.74, 6) is 0.227. The summed E-state index contributed by atoms with van der Waals surface area (Å²) in [7, 11) is 2.05. The van der Waals surface area contributed by atoms with Gasteiger partial charge in [0.1, 0.15) is 0 Å². The minimum atomic E-state index is 0.000590. The van der Waals surface area contributed by atoms with E-state index >= 15 is 0 Å². The molecule has 4 rings (SSSR count). The summed E-state index contributed by atoms with van der Waals surface area (Å²) in [5, 5.41) is 1.19. The molecular formula is C24H27N3O2. The number of nitrogens with zero attached hydrogens (tertiary/aromatic N) is 3. The zero-order chi connectivity index (χ0) is 20.4. The van der Waals surface area contributed by atoms with Crippen molar-refractivity contribution in [2.24, 2.45) is 7.05 Å². The van der Waals surface area contributed by atoms with Crippen LogP contribution in [0.15, 0.2) is 60.8 Å². The fourth-order valence-electron chi connectivity index (χ4n) is 4.32. The van der Waals surface area contributed by atoms with Crippen molar-refractivity contribution in [2.45, 2.75) is 19.3 Å². The quantitative estimate of drug-likeness (QED) is 0.687. The first-order valence-corrected chi connectivity index (χ1v) is 10.2. The zero-order valence-electron chi connectivity index (χ0n) is 17.0. The number of rotatable bonds is 4. The molecule has 0 bridgehead atoms. The third kappa shape index (κ3) is 3.90. The maximum absolute atomic E-state index is 13.2. The number of hydrogen-bond acceptors (Lipinski definition) is 2. The Hall–Kier alpha value is -3.08. The highest BCUT2D eigenvalue weighted by Crippen LogP contribution is 2.34. The van der Waals surface area contributed by atoms with E-state index in [1.54, 1.807) is 6.92 Å². The Kier molecular flexibility index (Phi) is 5.38. The van der Waals surface area contributed by atoms with Crippen LogP contribution in [0.2, 0.25) is 0 Å². The summed E-state index contributed by atoms with van der Waals surface area (Å²) in [6, 6.07) is 18.6. The van der Waals surface area contributed by atoms with Gasteiger partial charge in [0, 0.05) is 69.6 Å². The molecule has 1 atom stereocenters. The lowest BCUT2D eigenvalue weighted by atomic mass is 9.87. The first-order valence-electron chi connectivity index (χ1n) is 10.2. The SMILES string of the molecule is CC(=O)N1CCN(C(=O)CC(c2ccccc2)c2cn(C)c3ccccc23)CC1. The summed E-state index contributed by atoms with van der Waals surface area (Å²) in [6.45, 7) is 4.03. The molecule has 150 valence electrons. The minimum Gasteiger partial charge on any atom is -0.350 e. The number of carbonyl (C=O) groups is 2. The van der Waals surface area contributed by atoms with Crippen LogP contribution in [-0.2, 0) is 16.6 Å². The van der Waals surface area contributed by atoms with Crippen molar-refractivity contribution in [3.63, 3.8) is 0 Å². The Labute approximate surface area is 171 Å². The zero-order valence-corrected chi connectivity index (χ0v) is 17.0. The maximum atomic E-state index is 13.2. The number of aromatic nitrogens is 1. The lowest BCUT2D eigenvalue weighted by Crippen LogP contribution is -2.50. The highest BCUT2D eigenvalue weighted by Gasteiger charge is 2.27. The van der Waals surface area contributed by atoms with E-state index in [1.165, 1.54) is 16.5 Å². The largest absolute Gasteiger partial charge is 0.350 e. The molecule has 0 saturated carbocycles. The molecule has 1 saturated heterocycles. The standard InChI is InChI=1S/C24H27N3O2/c1-18(28)26-12-14-27(15-13-26)24(29)16-21(19-8-4-3-5-9-19)22-17-25(2)23-11-7-6-10-20(22)23/h3-11,17,21H,12-16H2,1-2H3. The third-order valence-corrected chi connectivity index (χ3v) is 5.96. The number of carbonyl (C=O) groups excluding carboxylic acids is 2. The van der Waals surface area contributed by atoms with Crippen molar-refractivity contribution < 1.29 is 9.59 Å². The van der Waals surface area contributed by atoms with Gasteiger partial charge in [0.05, 0.1) is 0 Å². The summed E-state index contributed by atoms with van der Waals surface area (Å²) in [4.78, 5) is 28.5. The highest BCUT2D eigenvalue weighted by molar-refractivity contribution is 5.86. The van der Waals surface area contributed by atoms with E-state index in [0.717, 1.165) is 5.56 Å². The van der Waals surface area contributed by atoms with Crippen LogP contribution in [0, 0.1) is 0 Å². The van der Waals surface area contributed by atoms with Crippen LogP contribution in [0.4, 0.5) is 0 Å². The van der Waals surface area contributed by atoms with E-state index < -0.39 is 0 Å². The van der Waals surface area contributed by atoms with Crippen LogP contribution < -0.4 is 0 Å². The summed E-state index contributed by atoms with van der Waals surface area (Å²) in [6.07, 6.45) is 2.58. The minimum absolute atomic E-state index is 0.000590. The van der Waals surface area contributed by atoms with Crippen LogP contribution in [0.3, 0.4) is 0 Å². The van der Waals surface area contributed by atoms with Gasteiger partial charge < -0.3 is 14.4 Å². The predicted molar refractivity (Wildman–Crippen MR) is 115 cm³/mol. The van der Waals surface area contributed by atoms with E-state index in [-0.39, 0.29) is 17.7 Å². The smallest absolute Gasteiger partial charge is 0.223 e. The average Bonchev–Trinajstić information content (AvgIpc) is 3.09. The van der Waals surface area contributed by atoms with Crippen LogP contribution in [-0.4, -0.2) is 52.4 Å². The van der Waals surface area contributed by atoms with Gasteiger partial charge in [-0.3, -0.25) is 9.59 Å². The molecule has 2 heterocycles. The van der Waals surface area contributed by atoms with E-state index in [0.29, 0.717) is 32.6 Å². The summed E-state index contributed by atoms with van der Waals surface area (Å²) < 4.78 is 2.14. The molecule has 2 amide bonds. The molecule has 3 aromatic rings. The number of benzene rings is 2. The molecule has 0 spiro atoms. The second-order valence-electron chi connectivity index (χ2n) is 7.77.